The van der Waals surface area contributed by atoms with Gasteiger partial charge in [0.15, 0.2) is 6.61 Å². The van der Waals surface area contributed by atoms with E-state index in [1.807, 2.05) is 73.9 Å². The summed E-state index contributed by atoms with van der Waals surface area (Å²) in [6.45, 7) is 11.6. The van der Waals surface area contributed by atoms with Gasteiger partial charge in [0.05, 0.1) is 19.3 Å². The number of urea groups is 1. The topological polar surface area (TPSA) is 83.5 Å². The minimum Gasteiger partial charge on any atom is -0.481 e. The third kappa shape index (κ3) is 10.3. The molecular formula is C37H51Cl2F3N6O4. The van der Waals surface area contributed by atoms with Crippen molar-refractivity contribution in [2.24, 2.45) is 0 Å². The molecule has 2 fully saturated rings. The molecule has 1 aromatic heterocycles. The fourth-order valence-electron chi connectivity index (χ4n) is 7.39. The number of benzene rings is 2. The molecule has 2 aromatic carbocycles. The smallest absolute Gasteiger partial charge is 0.422 e. The molecule has 0 N–H and O–H groups in total. The third-order valence-electron chi connectivity index (χ3n) is 9.31. The van der Waals surface area contributed by atoms with Gasteiger partial charge < -0.3 is 24.0 Å². The number of piperazine rings is 2. The van der Waals surface area contributed by atoms with E-state index in [0.717, 1.165) is 11.1 Å². The zero-order chi connectivity index (χ0) is 36.0. The summed E-state index contributed by atoms with van der Waals surface area (Å²) in [6, 6.07) is 20.6. The van der Waals surface area contributed by atoms with Gasteiger partial charge in [-0.05, 0) is 45.7 Å². The van der Waals surface area contributed by atoms with Crippen LogP contribution in [0.1, 0.15) is 57.2 Å². The summed E-state index contributed by atoms with van der Waals surface area (Å²) in [5.74, 6) is -0.163. The first-order chi connectivity index (χ1) is 23.9. The first-order valence-corrected chi connectivity index (χ1v) is 17.3. The Hall–Kier alpha value is -3.52. The van der Waals surface area contributed by atoms with Crippen LogP contribution in [0.15, 0.2) is 60.7 Å². The summed E-state index contributed by atoms with van der Waals surface area (Å²) in [6.07, 6.45) is -4.57. The maximum Gasteiger partial charge on any atom is 0.422 e. The number of aromatic nitrogens is 2. The molecule has 3 aromatic rings. The van der Waals surface area contributed by atoms with Crippen molar-refractivity contribution in [3.05, 3.63) is 77.4 Å². The lowest BCUT2D eigenvalue weighted by Gasteiger charge is -2.54. The predicted octanol–water partition coefficient (Wildman–Crippen LogP) is 6.91. The molecular weight excluding hydrogens is 720 g/mol. The van der Waals surface area contributed by atoms with Gasteiger partial charge in [-0.2, -0.15) is 23.1 Å². The van der Waals surface area contributed by atoms with Crippen LogP contribution in [0.2, 0.25) is 0 Å². The molecule has 5 rings (SSSR count). The standard InChI is InChI=1S/C37H49F3N6O4.2ClH/c1-7-49-35-41-33(48-6)30(34(42-35)50-24-37(38,39)40)22-43-20-29-21-44(36(47)46(25(2)3)26(4)5)18-19-45(29)31(23-43)32(27-14-10-8-11-15-27)28-16-12-9-13-17-28;;/h8-17,25-26,29,31-32H,7,18-24H2,1-6H3;2*1H. The molecule has 3 heterocycles. The minimum atomic E-state index is -4.57. The van der Waals surface area contributed by atoms with Gasteiger partial charge in [0.2, 0.25) is 11.8 Å². The van der Waals surface area contributed by atoms with Crippen LogP contribution in [0.3, 0.4) is 0 Å². The van der Waals surface area contributed by atoms with E-state index in [2.05, 4.69) is 44.0 Å². The largest absolute Gasteiger partial charge is 0.481 e. The lowest BCUT2D eigenvalue weighted by molar-refractivity contribution is -0.154. The van der Waals surface area contributed by atoms with E-state index in [-0.39, 0.29) is 91.9 Å². The van der Waals surface area contributed by atoms with Crippen molar-refractivity contribution in [2.45, 2.75) is 77.4 Å². The molecule has 2 amide bonds. The Morgan fingerprint density at radius 3 is 1.96 bits per heavy atom. The van der Waals surface area contributed by atoms with Crippen LogP contribution >= 0.6 is 24.8 Å². The van der Waals surface area contributed by atoms with Crippen molar-refractivity contribution < 1.29 is 32.2 Å². The molecule has 15 heteroatoms. The van der Waals surface area contributed by atoms with E-state index in [4.69, 9.17) is 14.2 Å². The number of hydrogen-bond donors (Lipinski definition) is 0. The predicted molar refractivity (Wildman–Crippen MR) is 199 cm³/mol. The highest BCUT2D eigenvalue weighted by Crippen LogP contribution is 2.38. The second-order valence-electron chi connectivity index (χ2n) is 13.4. The Balaban J connectivity index is 0.00000364. The molecule has 0 saturated carbocycles. The van der Waals surface area contributed by atoms with Crippen LogP contribution in [-0.2, 0) is 6.54 Å². The van der Waals surface area contributed by atoms with Gasteiger partial charge in [0, 0.05) is 69.4 Å². The Kier molecular flexibility index (Phi) is 15.7. The van der Waals surface area contributed by atoms with E-state index in [9.17, 15) is 18.0 Å². The molecule has 0 radical (unpaired) electrons. The number of carbonyl (C=O) groups excluding carboxylic acids is 1. The quantitative estimate of drug-likeness (QED) is 0.197. The van der Waals surface area contributed by atoms with Crippen molar-refractivity contribution >= 4 is 30.8 Å². The van der Waals surface area contributed by atoms with Crippen molar-refractivity contribution in [1.82, 2.24) is 29.6 Å². The maximum absolute atomic E-state index is 13.9. The lowest BCUT2D eigenvalue weighted by Crippen LogP contribution is -2.68. The number of alkyl halides is 3. The normalized spacial score (nSPS) is 18.0. The van der Waals surface area contributed by atoms with E-state index < -0.39 is 12.8 Å². The molecule has 0 spiro atoms. The van der Waals surface area contributed by atoms with E-state index in [1.54, 1.807) is 6.92 Å². The molecule has 0 aliphatic carbocycles. The average Bonchev–Trinajstić information content (AvgIpc) is 3.08. The average molecular weight is 772 g/mol. The number of amides is 2. The summed E-state index contributed by atoms with van der Waals surface area (Å²) in [4.78, 5) is 31.1. The summed E-state index contributed by atoms with van der Waals surface area (Å²) in [5.41, 5.74) is 2.62. The van der Waals surface area contributed by atoms with Gasteiger partial charge in [-0.15, -0.1) is 24.8 Å². The van der Waals surface area contributed by atoms with Crippen LogP contribution in [0.5, 0.6) is 17.8 Å². The van der Waals surface area contributed by atoms with Gasteiger partial charge in [0.25, 0.3) is 0 Å². The molecule has 52 heavy (non-hydrogen) atoms. The Labute approximate surface area is 317 Å². The summed E-state index contributed by atoms with van der Waals surface area (Å²) >= 11 is 0. The van der Waals surface area contributed by atoms with Gasteiger partial charge in [-0.1, -0.05) is 60.7 Å². The number of carbonyl (C=O) groups is 1. The van der Waals surface area contributed by atoms with Crippen LogP contribution < -0.4 is 14.2 Å². The number of ether oxygens (including phenoxy) is 3. The number of nitrogens with zero attached hydrogens (tertiary/aromatic N) is 6. The summed E-state index contributed by atoms with van der Waals surface area (Å²) < 4.78 is 56.5. The van der Waals surface area contributed by atoms with Crippen LogP contribution in [-0.4, -0.2) is 119 Å². The Morgan fingerprint density at radius 1 is 0.865 bits per heavy atom. The maximum atomic E-state index is 13.9. The highest BCUT2D eigenvalue weighted by atomic mass is 35.5. The first kappa shape index (κ1) is 42.9. The second-order valence-corrected chi connectivity index (χ2v) is 13.4. The van der Waals surface area contributed by atoms with Crippen molar-refractivity contribution in [1.29, 1.82) is 0 Å². The molecule has 0 bridgehead atoms. The van der Waals surface area contributed by atoms with Gasteiger partial charge in [0.1, 0.15) is 0 Å². The fourth-order valence-corrected chi connectivity index (χ4v) is 7.39. The number of methoxy groups -OCH3 is 1. The zero-order valence-corrected chi connectivity index (χ0v) is 32.2. The van der Waals surface area contributed by atoms with Gasteiger partial charge in [-0.3, -0.25) is 9.80 Å². The molecule has 10 nitrogen and oxygen atoms in total. The Morgan fingerprint density at radius 2 is 1.44 bits per heavy atom. The molecule has 2 aliphatic rings. The van der Waals surface area contributed by atoms with E-state index >= 15 is 0 Å². The van der Waals surface area contributed by atoms with Gasteiger partial charge >= 0.3 is 18.2 Å². The molecule has 288 valence electrons. The number of halogens is 5. The minimum absolute atomic E-state index is 0. The zero-order valence-electron chi connectivity index (χ0n) is 30.6. The number of fused-ring (bicyclic) bond motifs is 1. The highest BCUT2D eigenvalue weighted by molar-refractivity contribution is 5.85. The van der Waals surface area contributed by atoms with Crippen molar-refractivity contribution in [2.75, 3.05) is 53.0 Å². The van der Waals surface area contributed by atoms with E-state index in [1.165, 1.54) is 7.11 Å². The fraction of sp³-hybridized carbons (Fsp3) is 0.541. The lowest BCUT2D eigenvalue weighted by atomic mass is 9.81. The van der Waals surface area contributed by atoms with Gasteiger partial charge in [-0.25, -0.2) is 4.79 Å². The van der Waals surface area contributed by atoms with Crippen LogP contribution in [0, 0.1) is 0 Å². The first-order valence-electron chi connectivity index (χ1n) is 17.3. The number of hydrogen-bond acceptors (Lipinski definition) is 8. The second kappa shape index (κ2) is 19.0. The molecule has 2 atom stereocenters. The Bertz CT molecular complexity index is 1510. The SMILES string of the molecule is CCOc1nc(OC)c(CN2CC3CN(C(=O)N(C(C)C)C(C)C)CCN3C(C(c3ccccc3)c3ccccc3)C2)c(OCC(F)(F)F)n1.Cl.Cl. The molecule has 2 aliphatic heterocycles. The molecule has 2 saturated heterocycles. The van der Waals surface area contributed by atoms with Crippen LogP contribution in [0.4, 0.5) is 18.0 Å². The monoisotopic (exact) mass is 770 g/mol. The highest BCUT2D eigenvalue weighted by Gasteiger charge is 2.44. The van der Waals surface area contributed by atoms with Crippen molar-refractivity contribution in [3.8, 4) is 17.8 Å². The van der Waals surface area contributed by atoms with Crippen molar-refractivity contribution in [3.63, 3.8) is 0 Å². The van der Waals surface area contributed by atoms with Crippen LogP contribution in [0.25, 0.3) is 0 Å². The summed E-state index contributed by atoms with van der Waals surface area (Å²) in [7, 11) is 1.41. The molecule has 2 unspecified atom stereocenters. The van der Waals surface area contributed by atoms with E-state index in [0.29, 0.717) is 38.3 Å². The third-order valence-corrected chi connectivity index (χ3v) is 9.31. The number of rotatable bonds is 12. The summed E-state index contributed by atoms with van der Waals surface area (Å²) in [5, 5.41) is 0.